The second-order valence-corrected chi connectivity index (χ2v) is 7.59. The predicted molar refractivity (Wildman–Crippen MR) is 104 cm³/mol. The Hall–Kier alpha value is -1.53. The van der Waals surface area contributed by atoms with E-state index in [1.54, 1.807) is 11.9 Å². The van der Waals surface area contributed by atoms with Crippen molar-refractivity contribution in [2.24, 2.45) is 5.92 Å². The summed E-state index contributed by atoms with van der Waals surface area (Å²) in [5.74, 6) is -0.582. The first-order chi connectivity index (χ1) is 12.7. The maximum Gasteiger partial charge on any atom is 0.315 e. The third-order valence-electron chi connectivity index (χ3n) is 5.40. The standard InChI is InChI=1S/C20H28N2O3S/c1-3-25-20(24)16-13-22(18-12-8-7-11-17(18)21-26-2)19(23)15-10-6-4-5-9-14(15)16/h4-5,9-10,16-18,21H,3,6-8,11-13H2,1-2H3/t16-,17+,18+/m0/s1. The molecule has 0 aromatic carbocycles. The number of amides is 1. The molecule has 0 unspecified atom stereocenters. The molecule has 142 valence electrons. The Labute approximate surface area is 160 Å². The fraction of sp³-hybridized carbons (Fsp3) is 0.600. The molecule has 1 saturated carbocycles. The molecular formula is C20H28N2O3S. The maximum absolute atomic E-state index is 13.3. The quantitative estimate of drug-likeness (QED) is 0.590. The molecule has 1 saturated heterocycles. The molecule has 0 bridgehead atoms. The van der Waals surface area contributed by atoms with Crippen molar-refractivity contribution in [2.75, 3.05) is 19.4 Å². The molecule has 1 heterocycles. The number of nitrogens with zero attached hydrogens (tertiary/aromatic N) is 1. The van der Waals surface area contributed by atoms with Gasteiger partial charge in [-0.1, -0.05) is 49.1 Å². The number of esters is 1. The lowest BCUT2D eigenvalue weighted by atomic mass is 9.82. The molecule has 1 amide bonds. The van der Waals surface area contributed by atoms with E-state index >= 15 is 0 Å². The summed E-state index contributed by atoms with van der Waals surface area (Å²) in [5, 5.41) is 0. The molecule has 2 fully saturated rings. The number of nitrogens with one attached hydrogen (secondary N) is 1. The van der Waals surface area contributed by atoms with Crippen LogP contribution in [0, 0.1) is 5.92 Å². The van der Waals surface area contributed by atoms with Crippen LogP contribution in [-0.2, 0) is 14.3 Å². The summed E-state index contributed by atoms with van der Waals surface area (Å²) in [7, 11) is 0. The average Bonchev–Trinajstić information content (AvgIpc) is 2.90. The molecular weight excluding hydrogens is 348 g/mol. The minimum Gasteiger partial charge on any atom is -0.465 e. The first kappa shape index (κ1) is 19.2. The number of hydrogen-bond acceptors (Lipinski definition) is 5. The van der Waals surface area contributed by atoms with Gasteiger partial charge in [0.1, 0.15) is 5.92 Å². The lowest BCUT2D eigenvalue weighted by molar-refractivity contribution is -0.149. The van der Waals surface area contributed by atoms with Crippen LogP contribution in [0.1, 0.15) is 39.0 Å². The van der Waals surface area contributed by atoms with Crippen LogP contribution in [0.4, 0.5) is 0 Å². The number of likely N-dealkylation sites (tertiary alicyclic amines) is 1. The van der Waals surface area contributed by atoms with Crippen LogP contribution in [0.3, 0.4) is 0 Å². The van der Waals surface area contributed by atoms with Crippen LogP contribution in [-0.4, -0.2) is 48.3 Å². The first-order valence-electron chi connectivity index (χ1n) is 9.50. The van der Waals surface area contributed by atoms with E-state index in [0.717, 1.165) is 24.8 Å². The molecule has 5 nitrogen and oxygen atoms in total. The molecule has 3 rings (SSSR count). The molecule has 0 spiro atoms. The predicted octanol–water partition coefficient (Wildman–Crippen LogP) is 3.00. The molecule has 3 atom stereocenters. The lowest BCUT2D eigenvalue weighted by Gasteiger charge is -2.44. The summed E-state index contributed by atoms with van der Waals surface area (Å²) < 4.78 is 8.79. The van der Waals surface area contributed by atoms with Gasteiger partial charge in [0.25, 0.3) is 5.91 Å². The third kappa shape index (κ3) is 3.91. The Morgan fingerprint density at radius 3 is 2.96 bits per heavy atom. The summed E-state index contributed by atoms with van der Waals surface area (Å²) in [4.78, 5) is 27.9. The highest BCUT2D eigenvalue weighted by Gasteiger charge is 2.43. The van der Waals surface area contributed by atoms with Crippen molar-refractivity contribution in [1.82, 2.24) is 9.62 Å². The van der Waals surface area contributed by atoms with E-state index in [1.165, 1.54) is 6.42 Å². The zero-order chi connectivity index (χ0) is 18.5. The van der Waals surface area contributed by atoms with Crippen LogP contribution < -0.4 is 4.72 Å². The summed E-state index contributed by atoms with van der Waals surface area (Å²) in [6.07, 6.45) is 14.9. The Morgan fingerprint density at radius 1 is 1.38 bits per heavy atom. The molecule has 2 aliphatic carbocycles. The van der Waals surface area contributed by atoms with Gasteiger partial charge in [-0.3, -0.25) is 14.3 Å². The van der Waals surface area contributed by atoms with E-state index in [4.69, 9.17) is 4.74 Å². The number of rotatable bonds is 5. The van der Waals surface area contributed by atoms with E-state index < -0.39 is 5.92 Å². The van der Waals surface area contributed by atoms with Crippen molar-refractivity contribution in [3.8, 4) is 0 Å². The highest BCUT2D eigenvalue weighted by molar-refractivity contribution is 7.96. The molecule has 0 aromatic heterocycles. The lowest BCUT2D eigenvalue weighted by Crippen LogP contribution is -2.57. The fourth-order valence-corrected chi connectivity index (χ4v) is 4.77. The molecule has 0 radical (unpaired) electrons. The van der Waals surface area contributed by atoms with Gasteiger partial charge in [-0.15, -0.1) is 0 Å². The summed E-state index contributed by atoms with van der Waals surface area (Å²) in [6.45, 7) is 2.58. The van der Waals surface area contributed by atoms with Crippen LogP contribution in [0.25, 0.3) is 0 Å². The summed E-state index contributed by atoms with van der Waals surface area (Å²) >= 11 is 1.60. The molecule has 6 heteroatoms. The third-order valence-corrected chi connectivity index (χ3v) is 5.94. The van der Waals surface area contributed by atoms with Crippen LogP contribution >= 0.6 is 11.9 Å². The number of ether oxygens (including phenoxy) is 1. The minimum atomic E-state index is -0.404. The molecule has 3 aliphatic rings. The second kappa shape index (κ2) is 8.91. The zero-order valence-electron chi connectivity index (χ0n) is 15.6. The van der Waals surface area contributed by atoms with Crippen LogP contribution in [0.15, 0.2) is 35.5 Å². The van der Waals surface area contributed by atoms with Crippen LogP contribution in [0.5, 0.6) is 0 Å². The SMILES string of the molecule is CCOC(=O)[C@H]1CN([C@@H]2CCCC[C@H]2NSC)C(=O)C2=CCC=CC=C21. The summed E-state index contributed by atoms with van der Waals surface area (Å²) in [6, 6.07) is 0.389. The van der Waals surface area contributed by atoms with Gasteiger partial charge in [-0.05, 0) is 38.0 Å². The number of hydrogen-bond donors (Lipinski definition) is 1. The van der Waals surface area contributed by atoms with Crippen LogP contribution in [0.2, 0.25) is 0 Å². The molecule has 0 aromatic rings. The normalized spacial score (nSPS) is 28.8. The van der Waals surface area contributed by atoms with Crippen molar-refractivity contribution in [2.45, 2.75) is 51.1 Å². The van der Waals surface area contributed by atoms with E-state index in [1.807, 2.05) is 42.4 Å². The van der Waals surface area contributed by atoms with Gasteiger partial charge in [0.15, 0.2) is 0 Å². The number of allylic oxidation sites excluding steroid dienone is 4. The van der Waals surface area contributed by atoms with Crippen molar-refractivity contribution in [1.29, 1.82) is 0 Å². The first-order valence-corrected chi connectivity index (χ1v) is 10.7. The van der Waals surface area contributed by atoms with E-state index in [0.29, 0.717) is 25.1 Å². The molecule has 26 heavy (non-hydrogen) atoms. The van der Waals surface area contributed by atoms with Gasteiger partial charge >= 0.3 is 5.97 Å². The second-order valence-electron chi connectivity index (χ2n) is 6.95. The van der Waals surface area contributed by atoms with E-state index in [-0.39, 0.29) is 24.0 Å². The zero-order valence-corrected chi connectivity index (χ0v) is 16.4. The van der Waals surface area contributed by atoms with Gasteiger partial charge in [0.05, 0.1) is 6.61 Å². The van der Waals surface area contributed by atoms with Crippen molar-refractivity contribution in [3.05, 3.63) is 35.5 Å². The highest BCUT2D eigenvalue weighted by Crippen LogP contribution is 2.35. The van der Waals surface area contributed by atoms with Gasteiger partial charge in [0, 0.05) is 24.2 Å². The number of fused-ring (bicyclic) bond motifs is 1. The Balaban J connectivity index is 1.92. The fourth-order valence-electron chi connectivity index (χ4n) is 4.19. The number of carbonyl (C=O) groups is 2. The van der Waals surface area contributed by atoms with Gasteiger partial charge in [0.2, 0.25) is 0 Å². The number of carbonyl (C=O) groups excluding carboxylic acids is 2. The van der Waals surface area contributed by atoms with Gasteiger partial charge in [-0.2, -0.15) is 0 Å². The largest absolute Gasteiger partial charge is 0.465 e. The van der Waals surface area contributed by atoms with E-state index in [9.17, 15) is 9.59 Å². The van der Waals surface area contributed by atoms with E-state index in [2.05, 4.69) is 4.72 Å². The molecule has 1 N–H and O–H groups in total. The van der Waals surface area contributed by atoms with Gasteiger partial charge in [-0.25, -0.2) is 0 Å². The van der Waals surface area contributed by atoms with Crippen molar-refractivity contribution in [3.63, 3.8) is 0 Å². The van der Waals surface area contributed by atoms with Crippen molar-refractivity contribution >= 4 is 23.8 Å². The highest BCUT2D eigenvalue weighted by atomic mass is 32.2. The summed E-state index contributed by atoms with van der Waals surface area (Å²) in [5.41, 5.74) is 1.48. The Bertz CT molecular complexity index is 639. The Morgan fingerprint density at radius 2 is 2.19 bits per heavy atom. The monoisotopic (exact) mass is 376 g/mol. The topological polar surface area (TPSA) is 58.6 Å². The van der Waals surface area contributed by atoms with Gasteiger partial charge < -0.3 is 9.64 Å². The number of piperidine rings is 1. The maximum atomic E-state index is 13.3. The molecule has 1 aliphatic heterocycles. The average molecular weight is 377 g/mol. The Kier molecular flexibility index (Phi) is 6.59. The van der Waals surface area contributed by atoms with Crippen molar-refractivity contribution < 1.29 is 14.3 Å². The smallest absolute Gasteiger partial charge is 0.315 e. The minimum absolute atomic E-state index is 0.0558.